The Labute approximate surface area is 160 Å². The monoisotopic (exact) mass is 390 g/mol. The SMILES string of the molecule is Cc1ccc(C)c(S(=O)(=O)Nc2ccc(NCCN3CCOCC3)nc2)c1. The minimum absolute atomic E-state index is 0.287. The summed E-state index contributed by atoms with van der Waals surface area (Å²) in [5.41, 5.74) is 2.05. The van der Waals surface area contributed by atoms with E-state index < -0.39 is 10.0 Å². The maximum Gasteiger partial charge on any atom is 0.262 e. The van der Waals surface area contributed by atoms with Gasteiger partial charge in [0.15, 0.2) is 0 Å². The molecular weight excluding hydrogens is 364 g/mol. The third-order valence-corrected chi connectivity index (χ3v) is 6.01. The third kappa shape index (κ3) is 5.41. The van der Waals surface area contributed by atoms with Gasteiger partial charge in [-0.25, -0.2) is 13.4 Å². The second-order valence-corrected chi connectivity index (χ2v) is 8.34. The molecule has 1 aliphatic heterocycles. The molecule has 0 aliphatic carbocycles. The number of ether oxygens (including phenoxy) is 1. The van der Waals surface area contributed by atoms with E-state index in [9.17, 15) is 8.42 Å². The highest BCUT2D eigenvalue weighted by Gasteiger charge is 2.17. The zero-order valence-electron chi connectivity index (χ0n) is 15.7. The van der Waals surface area contributed by atoms with Crippen LogP contribution >= 0.6 is 0 Å². The van der Waals surface area contributed by atoms with Crippen LogP contribution in [0.15, 0.2) is 41.4 Å². The van der Waals surface area contributed by atoms with Crippen molar-refractivity contribution in [2.45, 2.75) is 18.7 Å². The number of rotatable bonds is 7. The summed E-state index contributed by atoms with van der Waals surface area (Å²) < 4.78 is 33.2. The number of nitrogens with zero attached hydrogens (tertiary/aromatic N) is 2. The molecule has 0 amide bonds. The molecule has 0 atom stereocenters. The average molecular weight is 391 g/mol. The van der Waals surface area contributed by atoms with Crippen molar-refractivity contribution in [1.29, 1.82) is 0 Å². The first-order valence-electron chi connectivity index (χ1n) is 9.04. The summed E-state index contributed by atoms with van der Waals surface area (Å²) in [6, 6.07) is 8.87. The molecular formula is C19H26N4O3S. The van der Waals surface area contributed by atoms with E-state index in [4.69, 9.17) is 4.74 Å². The van der Waals surface area contributed by atoms with Gasteiger partial charge in [0.2, 0.25) is 0 Å². The van der Waals surface area contributed by atoms with Crippen molar-refractivity contribution in [3.8, 4) is 0 Å². The predicted octanol–water partition coefficient (Wildman–Crippen LogP) is 2.24. The highest BCUT2D eigenvalue weighted by molar-refractivity contribution is 7.92. The topological polar surface area (TPSA) is 83.6 Å². The first-order chi connectivity index (χ1) is 12.9. The number of pyridine rings is 1. The molecule has 8 heteroatoms. The number of nitrogens with one attached hydrogen (secondary N) is 2. The van der Waals surface area contributed by atoms with Crippen molar-refractivity contribution in [3.63, 3.8) is 0 Å². The van der Waals surface area contributed by atoms with E-state index in [0.29, 0.717) is 11.3 Å². The number of anilines is 2. The van der Waals surface area contributed by atoms with E-state index in [0.717, 1.165) is 50.8 Å². The molecule has 7 nitrogen and oxygen atoms in total. The molecule has 1 aromatic carbocycles. The molecule has 2 heterocycles. The van der Waals surface area contributed by atoms with E-state index >= 15 is 0 Å². The first kappa shape index (κ1) is 19.6. The average Bonchev–Trinajstić information content (AvgIpc) is 2.66. The molecule has 0 spiro atoms. The van der Waals surface area contributed by atoms with E-state index in [1.807, 2.05) is 19.1 Å². The largest absolute Gasteiger partial charge is 0.379 e. The minimum atomic E-state index is -3.64. The molecule has 1 fully saturated rings. The summed E-state index contributed by atoms with van der Waals surface area (Å²) in [7, 11) is -3.64. The van der Waals surface area contributed by atoms with Crippen LogP contribution in [0.25, 0.3) is 0 Å². The molecule has 27 heavy (non-hydrogen) atoms. The van der Waals surface area contributed by atoms with Gasteiger partial charge >= 0.3 is 0 Å². The van der Waals surface area contributed by atoms with Gasteiger partial charge in [0, 0.05) is 26.2 Å². The van der Waals surface area contributed by atoms with E-state index in [2.05, 4.69) is 19.9 Å². The fourth-order valence-corrected chi connectivity index (χ4v) is 4.31. The Morgan fingerprint density at radius 1 is 1.15 bits per heavy atom. The van der Waals surface area contributed by atoms with Gasteiger partial charge in [0.25, 0.3) is 10.0 Å². The number of aromatic nitrogens is 1. The smallest absolute Gasteiger partial charge is 0.262 e. The molecule has 1 aromatic heterocycles. The van der Waals surface area contributed by atoms with Gasteiger partial charge in [-0.2, -0.15) is 0 Å². The first-order valence-corrected chi connectivity index (χ1v) is 10.5. The number of hydrogen-bond acceptors (Lipinski definition) is 6. The maximum absolute atomic E-state index is 12.6. The van der Waals surface area contributed by atoms with Gasteiger partial charge in [-0.05, 0) is 43.2 Å². The van der Waals surface area contributed by atoms with Crippen LogP contribution < -0.4 is 10.0 Å². The Balaban J connectivity index is 1.57. The van der Waals surface area contributed by atoms with Crippen LogP contribution in [-0.2, 0) is 14.8 Å². The van der Waals surface area contributed by atoms with Gasteiger partial charge in [-0.3, -0.25) is 9.62 Å². The molecule has 1 saturated heterocycles. The third-order valence-electron chi connectivity index (χ3n) is 4.49. The van der Waals surface area contributed by atoms with Crippen molar-refractivity contribution in [2.24, 2.45) is 0 Å². The molecule has 0 unspecified atom stereocenters. The van der Waals surface area contributed by atoms with Crippen LogP contribution in [0, 0.1) is 13.8 Å². The van der Waals surface area contributed by atoms with Crippen molar-refractivity contribution in [3.05, 3.63) is 47.7 Å². The second-order valence-electron chi connectivity index (χ2n) is 6.69. The molecule has 0 saturated carbocycles. The van der Waals surface area contributed by atoms with Crippen LogP contribution in [0.4, 0.5) is 11.5 Å². The zero-order valence-corrected chi connectivity index (χ0v) is 16.6. The minimum Gasteiger partial charge on any atom is -0.379 e. The van der Waals surface area contributed by atoms with Gasteiger partial charge in [-0.15, -0.1) is 0 Å². The lowest BCUT2D eigenvalue weighted by Gasteiger charge is -2.26. The Hall–Kier alpha value is -2.16. The molecule has 2 aromatic rings. The summed E-state index contributed by atoms with van der Waals surface area (Å²) in [6.45, 7) is 8.83. The van der Waals surface area contributed by atoms with Crippen LogP contribution in [0.2, 0.25) is 0 Å². The van der Waals surface area contributed by atoms with E-state index in [1.54, 1.807) is 25.1 Å². The summed E-state index contributed by atoms with van der Waals surface area (Å²) in [6.07, 6.45) is 1.53. The van der Waals surface area contributed by atoms with Crippen molar-refractivity contribution < 1.29 is 13.2 Å². The Bertz CT molecular complexity index is 863. The lowest BCUT2D eigenvalue weighted by Crippen LogP contribution is -2.39. The van der Waals surface area contributed by atoms with Crippen LogP contribution in [0.5, 0.6) is 0 Å². The predicted molar refractivity (Wildman–Crippen MR) is 107 cm³/mol. The van der Waals surface area contributed by atoms with Crippen LogP contribution in [0.1, 0.15) is 11.1 Å². The van der Waals surface area contributed by atoms with Crippen molar-refractivity contribution >= 4 is 21.5 Å². The van der Waals surface area contributed by atoms with Crippen molar-refractivity contribution in [2.75, 3.05) is 49.4 Å². The number of morpholine rings is 1. The summed E-state index contributed by atoms with van der Waals surface area (Å²) in [5.74, 6) is 0.720. The van der Waals surface area contributed by atoms with Gasteiger partial charge < -0.3 is 10.1 Å². The fourth-order valence-electron chi connectivity index (χ4n) is 2.93. The summed E-state index contributed by atoms with van der Waals surface area (Å²) in [5, 5.41) is 3.26. The highest BCUT2D eigenvalue weighted by atomic mass is 32.2. The molecule has 1 aliphatic rings. The maximum atomic E-state index is 12.6. The molecule has 0 bridgehead atoms. The Kier molecular flexibility index (Phi) is 6.30. The number of sulfonamides is 1. The van der Waals surface area contributed by atoms with Gasteiger partial charge in [-0.1, -0.05) is 12.1 Å². The van der Waals surface area contributed by atoms with Crippen molar-refractivity contribution in [1.82, 2.24) is 9.88 Å². The normalized spacial score (nSPS) is 15.5. The summed E-state index contributed by atoms with van der Waals surface area (Å²) in [4.78, 5) is 6.92. The lowest BCUT2D eigenvalue weighted by atomic mass is 10.2. The lowest BCUT2D eigenvalue weighted by molar-refractivity contribution is 0.0398. The van der Waals surface area contributed by atoms with Gasteiger partial charge in [0.05, 0.1) is 30.0 Å². The van der Waals surface area contributed by atoms with E-state index in [1.165, 1.54) is 6.20 Å². The van der Waals surface area contributed by atoms with Crippen LogP contribution in [0.3, 0.4) is 0 Å². The number of hydrogen-bond donors (Lipinski definition) is 2. The number of benzene rings is 1. The highest BCUT2D eigenvalue weighted by Crippen LogP contribution is 2.20. The zero-order chi connectivity index (χ0) is 19.3. The molecule has 2 N–H and O–H groups in total. The molecule has 146 valence electrons. The molecule has 3 rings (SSSR count). The standard InChI is InChI=1S/C19H26N4O3S/c1-15-3-4-16(2)18(13-15)27(24,25)22-17-5-6-19(21-14-17)20-7-8-23-9-11-26-12-10-23/h3-6,13-14,22H,7-12H2,1-2H3,(H,20,21). The Morgan fingerprint density at radius 3 is 2.63 bits per heavy atom. The quantitative estimate of drug-likeness (QED) is 0.754. The van der Waals surface area contributed by atoms with Crippen LogP contribution in [-0.4, -0.2) is 57.7 Å². The van der Waals surface area contributed by atoms with E-state index in [-0.39, 0.29) is 4.90 Å². The summed E-state index contributed by atoms with van der Waals surface area (Å²) >= 11 is 0. The fraction of sp³-hybridized carbons (Fsp3) is 0.421. The second kappa shape index (κ2) is 8.69. The van der Waals surface area contributed by atoms with Gasteiger partial charge in [0.1, 0.15) is 5.82 Å². The number of aryl methyl sites for hydroxylation is 2. The Morgan fingerprint density at radius 2 is 1.93 bits per heavy atom. The molecule has 0 radical (unpaired) electrons.